The maximum absolute atomic E-state index is 11.6. The summed E-state index contributed by atoms with van der Waals surface area (Å²) < 4.78 is 30.2. The fourth-order valence-corrected chi connectivity index (χ4v) is 4.04. The molecule has 0 aromatic carbocycles. The molecule has 1 saturated heterocycles. The van der Waals surface area contributed by atoms with E-state index in [2.05, 4.69) is 27.7 Å². The third-order valence-electron chi connectivity index (χ3n) is 4.62. The number of guanidine groups is 1. The van der Waals surface area contributed by atoms with Crippen LogP contribution in [-0.4, -0.2) is 56.3 Å². The van der Waals surface area contributed by atoms with Gasteiger partial charge < -0.3 is 15.2 Å². The first-order valence-electron chi connectivity index (χ1n) is 9.32. The molecule has 0 radical (unpaired) electrons. The summed E-state index contributed by atoms with van der Waals surface area (Å²) in [7, 11) is -3.10. The molecule has 1 aromatic rings. The Labute approximate surface area is 179 Å². The van der Waals surface area contributed by atoms with Crippen molar-refractivity contribution in [2.24, 2.45) is 10.9 Å². The summed E-state index contributed by atoms with van der Waals surface area (Å²) in [5.74, 6) is 1.92. The van der Waals surface area contributed by atoms with Crippen molar-refractivity contribution in [2.45, 2.75) is 46.6 Å². The van der Waals surface area contributed by atoms with E-state index in [9.17, 15) is 8.42 Å². The highest BCUT2D eigenvalue weighted by Gasteiger charge is 2.28. The van der Waals surface area contributed by atoms with Crippen LogP contribution in [0.15, 0.2) is 9.52 Å². The summed E-state index contributed by atoms with van der Waals surface area (Å²) in [4.78, 5) is 4.66. The van der Waals surface area contributed by atoms with Crippen molar-refractivity contribution in [2.75, 3.05) is 32.4 Å². The van der Waals surface area contributed by atoms with Gasteiger partial charge in [-0.15, -0.1) is 24.0 Å². The van der Waals surface area contributed by atoms with Crippen LogP contribution < -0.4 is 10.6 Å². The topological polar surface area (TPSA) is 99.8 Å². The molecule has 27 heavy (non-hydrogen) atoms. The van der Waals surface area contributed by atoms with Crippen LogP contribution >= 0.6 is 24.0 Å². The number of hydrogen-bond acceptors (Lipinski definition) is 5. The van der Waals surface area contributed by atoms with E-state index in [-0.39, 0.29) is 24.0 Å². The molecule has 0 saturated carbocycles. The average Bonchev–Trinajstić information content (AvgIpc) is 3.23. The van der Waals surface area contributed by atoms with Gasteiger partial charge in [0.2, 0.25) is 10.0 Å². The van der Waals surface area contributed by atoms with E-state index in [0.717, 1.165) is 48.8 Å². The summed E-state index contributed by atoms with van der Waals surface area (Å²) in [5, 5.41) is 10.7. The lowest BCUT2D eigenvalue weighted by Gasteiger charge is -2.16. The van der Waals surface area contributed by atoms with Gasteiger partial charge in [0.05, 0.1) is 18.5 Å². The number of aromatic nitrogens is 1. The maximum atomic E-state index is 11.6. The number of nitrogens with one attached hydrogen (secondary N) is 2. The zero-order valence-corrected chi connectivity index (χ0v) is 19.8. The van der Waals surface area contributed by atoms with E-state index in [1.807, 2.05) is 13.8 Å². The highest BCUT2D eigenvalue weighted by atomic mass is 127. The molecule has 1 atom stereocenters. The van der Waals surface area contributed by atoms with Crippen LogP contribution in [-0.2, 0) is 29.4 Å². The SMILES string of the molecule is CCNC(=NCc1c(CC)noc1CC)NCC1CCN(S(C)(=O)=O)C1.I. The minimum Gasteiger partial charge on any atom is -0.361 e. The van der Waals surface area contributed by atoms with E-state index >= 15 is 0 Å². The molecule has 0 amide bonds. The molecule has 1 aliphatic heterocycles. The molecule has 2 N–H and O–H groups in total. The predicted octanol–water partition coefficient (Wildman–Crippen LogP) is 1.75. The van der Waals surface area contributed by atoms with Gasteiger partial charge in [-0.05, 0) is 25.7 Å². The summed E-state index contributed by atoms with van der Waals surface area (Å²) in [6.45, 7) is 9.26. The third-order valence-corrected chi connectivity index (χ3v) is 5.89. The van der Waals surface area contributed by atoms with Crippen LogP contribution in [0.5, 0.6) is 0 Å². The minimum absolute atomic E-state index is 0. The second-order valence-electron chi connectivity index (χ2n) is 6.59. The lowest BCUT2D eigenvalue weighted by atomic mass is 10.1. The zero-order chi connectivity index (χ0) is 19.2. The number of hydrogen-bond donors (Lipinski definition) is 2. The molecule has 0 spiro atoms. The summed E-state index contributed by atoms with van der Waals surface area (Å²) >= 11 is 0. The quantitative estimate of drug-likeness (QED) is 0.312. The Morgan fingerprint density at radius 1 is 1.30 bits per heavy atom. The molecule has 10 heteroatoms. The molecule has 2 heterocycles. The van der Waals surface area contributed by atoms with E-state index in [0.29, 0.717) is 32.1 Å². The molecule has 156 valence electrons. The van der Waals surface area contributed by atoms with Gasteiger partial charge in [0.25, 0.3) is 0 Å². The number of rotatable bonds is 8. The number of aryl methyl sites for hydroxylation is 2. The van der Waals surface area contributed by atoms with Gasteiger partial charge in [-0.25, -0.2) is 17.7 Å². The van der Waals surface area contributed by atoms with Gasteiger partial charge in [-0.1, -0.05) is 19.0 Å². The largest absolute Gasteiger partial charge is 0.361 e. The molecule has 2 rings (SSSR count). The first-order chi connectivity index (χ1) is 12.4. The van der Waals surface area contributed by atoms with Gasteiger partial charge >= 0.3 is 0 Å². The predicted molar refractivity (Wildman–Crippen MR) is 118 cm³/mol. The third kappa shape index (κ3) is 6.90. The zero-order valence-electron chi connectivity index (χ0n) is 16.6. The summed E-state index contributed by atoms with van der Waals surface area (Å²) in [6.07, 6.45) is 3.75. The van der Waals surface area contributed by atoms with Crippen LogP contribution in [0.25, 0.3) is 0 Å². The van der Waals surface area contributed by atoms with E-state index in [4.69, 9.17) is 4.52 Å². The normalized spacial score (nSPS) is 18.4. The highest BCUT2D eigenvalue weighted by Crippen LogP contribution is 2.18. The molecule has 1 unspecified atom stereocenters. The van der Waals surface area contributed by atoms with Crippen LogP contribution in [0, 0.1) is 5.92 Å². The summed E-state index contributed by atoms with van der Waals surface area (Å²) in [6, 6.07) is 0. The Balaban J connectivity index is 0.00000364. The molecule has 8 nitrogen and oxygen atoms in total. The molecule has 1 aliphatic rings. The van der Waals surface area contributed by atoms with E-state index in [1.54, 1.807) is 4.31 Å². The van der Waals surface area contributed by atoms with Crippen molar-refractivity contribution in [1.29, 1.82) is 0 Å². The fraction of sp³-hybridized carbons (Fsp3) is 0.765. The Morgan fingerprint density at radius 3 is 2.59 bits per heavy atom. The van der Waals surface area contributed by atoms with Crippen molar-refractivity contribution in [1.82, 2.24) is 20.1 Å². The average molecular weight is 513 g/mol. The van der Waals surface area contributed by atoms with Crippen LogP contribution in [0.4, 0.5) is 0 Å². The first kappa shape index (κ1) is 24.2. The lowest BCUT2D eigenvalue weighted by molar-refractivity contribution is 0.380. The second-order valence-corrected chi connectivity index (χ2v) is 8.57. The van der Waals surface area contributed by atoms with Crippen molar-refractivity contribution in [3.63, 3.8) is 0 Å². The minimum atomic E-state index is -3.10. The Morgan fingerprint density at radius 2 is 2.04 bits per heavy atom. The van der Waals surface area contributed by atoms with Crippen LogP contribution in [0.2, 0.25) is 0 Å². The second kappa shape index (κ2) is 11.2. The standard InChI is InChI=1S/C17H31N5O3S.HI/c1-5-15-14(16(6-2)25-21-15)11-20-17(18-7-3)19-10-13-8-9-22(12-13)26(4,23)24;/h13H,5-12H2,1-4H3,(H2,18,19,20);1H. The monoisotopic (exact) mass is 513 g/mol. The van der Waals surface area contributed by atoms with Gasteiger partial charge in [0, 0.05) is 38.2 Å². The molecular weight excluding hydrogens is 481 g/mol. The van der Waals surface area contributed by atoms with E-state index < -0.39 is 10.0 Å². The van der Waals surface area contributed by atoms with Crippen LogP contribution in [0.3, 0.4) is 0 Å². The molecule has 1 aromatic heterocycles. The molecular formula is C17H32IN5O3S. The Kier molecular flexibility index (Phi) is 10.0. The van der Waals surface area contributed by atoms with E-state index in [1.165, 1.54) is 6.26 Å². The van der Waals surface area contributed by atoms with Gasteiger partial charge in [0.1, 0.15) is 5.76 Å². The van der Waals surface area contributed by atoms with Crippen molar-refractivity contribution in [3.05, 3.63) is 17.0 Å². The molecule has 0 bridgehead atoms. The fourth-order valence-electron chi connectivity index (χ4n) is 3.12. The first-order valence-corrected chi connectivity index (χ1v) is 11.2. The smallest absolute Gasteiger partial charge is 0.211 e. The van der Waals surface area contributed by atoms with Crippen molar-refractivity contribution >= 4 is 40.0 Å². The number of halogens is 1. The maximum Gasteiger partial charge on any atom is 0.211 e. The highest BCUT2D eigenvalue weighted by molar-refractivity contribution is 14.0. The lowest BCUT2D eigenvalue weighted by Crippen LogP contribution is -2.40. The Bertz CT molecular complexity index is 699. The number of nitrogens with zero attached hydrogens (tertiary/aromatic N) is 3. The Hall–Kier alpha value is -0.880. The number of aliphatic imine (C=N–C) groups is 1. The van der Waals surface area contributed by atoms with Gasteiger partial charge in [0.15, 0.2) is 5.96 Å². The van der Waals surface area contributed by atoms with Gasteiger partial charge in [-0.2, -0.15) is 0 Å². The molecule has 1 fully saturated rings. The number of sulfonamides is 1. The van der Waals surface area contributed by atoms with Crippen LogP contribution in [0.1, 0.15) is 44.2 Å². The molecule has 0 aliphatic carbocycles. The van der Waals surface area contributed by atoms with Crippen molar-refractivity contribution < 1.29 is 12.9 Å². The summed E-state index contributed by atoms with van der Waals surface area (Å²) in [5.41, 5.74) is 2.03. The van der Waals surface area contributed by atoms with Gasteiger partial charge in [-0.3, -0.25) is 0 Å². The van der Waals surface area contributed by atoms with Crippen molar-refractivity contribution in [3.8, 4) is 0 Å².